The largest absolute Gasteiger partial charge is 0.444 e. The van der Waals surface area contributed by atoms with Gasteiger partial charge in [0.15, 0.2) is 0 Å². The van der Waals surface area contributed by atoms with E-state index in [0.717, 1.165) is 18.5 Å². The highest BCUT2D eigenvalue weighted by Gasteiger charge is 2.27. The molecular weight excluding hydrogens is 268 g/mol. The molecule has 0 radical (unpaired) electrons. The molecule has 1 aliphatic rings. The topological polar surface area (TPSA) is 51.7 Å². The van der Waals surface area contributed by atoms with Crippen molar-refractivity contribution in [3.8, 4) is 0 Å². The van der Waals surface area contributed by atoms with Crippen molar-refractivity contribution in [1.29, 1.82) is 0 Å². The van der Waals surface area contributed by atoms with E-state index in [1.165, 1.54) is 0 Å². The maximum Gasteiger partial charge on any atom is 0.410 e. The smallest absolute Gasteiger partial charge is 0.410 e. The van der Waals surface area contributed by atoms with E-state index in [0.29, 0.717) is 19.7 Å². The first kappa shape index (κ1) is 15.8. The lowest BCUT2D eigenvalue weighted by Crippen LogP contribution is -2.43. The Kier molecular flexibility index (Phi) is 5.17. The van der Waals surface area contributed by atoms with Crippen LogP contribution in [-0.4, -0.2) is 40.8 Å². The number of hydrogen-bond acceptors (Lipinski definition) is 4. The molecule has 0 N–H and O–H groups in total. The Morgan fingerprint density at radius 3 is 2.62 bits per heavy atom. The molecule has 0 saturated carbocycles. The molecule has 2 rings (SSSR count). The molecule has 1 fully saturated rings. The number of amides is 1. The van der Waals surface area contributed by atoms with Crippen LogP contribution in [0, 0.1) is 0 Å². The van der Waals surface area contributed by atoms with Gasteiger partial charge in [-0.05, 0) is 45.7 Å². The van der Waals surface area contributed by atoms with Gasteiger partial charge in [-0.2, -0.15) is 0 Å². The SMILES string of the molecule is CC(C)(C)OC(=O)N1CCC(OCc2ccccn2)CC1. The monoisotopic (exact) mass is 292 g/mol. The van der Waals surface area contributed by atoms with Crippen LogP contribution in [0.5, 0.6) is 0 Å². The molecule has 21 heavy (non-hydrogen) atoms. The number of likely N-dealkylation sites (tertiary alicyclic amines) is 1. The molecule has 0 aliphatic carbocycles. The maximum atomic E-state index is 12.0. The van der Waals surface area contributed by atoms with E-state index in [4.69, 9.17) is 9.47 Å². The Morgan fingerprint density at radius 1 is 1.33 bits per heavy atom. The Labute approximate surface area is 126 Å². The van der Waals surface area contributed by atoms with Crippen LogP contribution in [0.3, 0.4) is 0 Å². The van der Waals surface area contributed by atoms with Crippen LogP contribution in [0.15, 0.2) is 24.4 Å². The Morgan fingerprint density at radius 2 is 2.05 bits per heavy atom. The number of ether oxygens (including phenoxy) is 2. The van der Waals surface area contributed by atoms with Crippen LogP contribution in [0.25, 0.3) is 0 Å². The second kappa shape index (κ2) is 6.89. The molecule has 1 amide bonds. The lowest BCUT2D eigenvalue weighted by molar-refractivity contribution is -0.0178. The van der Waals surface area contributed by atoms with Gasteiger partial charge in [0.2, 0.25) is 0 Å². The van der Waals surface area contributed by atoms with Gasteiger partial charge in [-0.25, -0.2) is 4.79 Å². The third kappa shape index (κ3) is 5.34. The fraction of sp³-hybridized carbons (Fsp3) is 0.625. The summed E-state index contributed by atoms with van der Waals surface area (Å²) < 4.78 is 11.2. The molecular formula is C16H24N2O3. The van der Waals surface area contributed by atoms with Crippen molar-refractivity contribution in [2.45, 2.75) is 51.9 Å². The summed E-state index contributed by atoms with van der Waals surface area (Å²) in [5.74, 6) is 0. The van der Waals surface area contributed by atoms with E-state index in [1.54, 1.807) is 11.1 Å². The Hall–Kier alpha value is -1.62. The molecule has 2 heterocycles. The van der Waals surface area contributed by atoms with Crippen LogP contribution in [0.4, 0.5) is 4.79 Å². The zero-order valence-corrected chi connectivity index (χ0v) is 13.0. The van der Waals surface area contributed by atoms with E-state index in [2.05, 4.69) is 4.98 Å². The number of carbonyl (C=O) groups excluding carboxylic acids is 1. The van der Waals surface area contributed by atoms with Crippen molar-refractivity contribution in [2.75, 3.05) is 13.1 Å². The summed E-state index contributed by atoms with van der Waals surface area (Å²) in [6.07, 6.45) is 3.40. The van der Waals surface area contributed by atoms with Crippen molar-refractivity contribution < 1.29 is 14.3 Å². The number of rotatable bonds is 3. The van der Waals surface area contributed by atoms with Gasteiger partial charge in [-0.1, -0.05) is 6.07 Å². The van der Waals surface area contributed by atoms with Gasteiger partial charge in [0.25, 0.3) is 0 Å². The summed E-state index contributed by atoms with van der Waals surface area (Å²) in [7, 11) is 0. The van der Waals surface area contributed by atoms with Crippen molar-refractivity contribution in [3.05, 3.63) is 30.1 Å². The van der Waals surface area contributed by atoms with Gasteiger partial charge in [0.05, 0.1) is 18.4 Å². The lowest BCUT2D eigenvalue weighted by atomic mass is 10.1. The van der Waals surface area contributed by atoms with E-state index in [9.17, 15) is 4.79 Å². The molecule has 0 unspecified atom stereocenters. The van der Waals surface area contributed by atoms with Crippen LogP contribution >= 0.6 is 0 Å². The minimum absolute atomic E-state index is 0.186. The van der Waals surface area contributed by atoms with Gasteiger partial charge in [-0.15, -0.1) is 0 Å². The molecule has 0 aromatic carbocycles. The predicted octanol–water partition coefficient (Wildman–Crippen LogP) is 3.00. The van der Waals surface area contributed by atoms with Crippen molar-refractivity contribution in [2.24, 2.45) is 0 Å². The molecule has 116 valence electrons. The van der Waals surface area contributed by atoms with E-state index in [-0.39, 0.29) is 12.2 Å². The molecule has 5 nitrogen and oxygen atoms in total. The van der Waals surface area contributed by atoms with E-state index in [1.807, 2.05) is 39.0 Å². The third-order valence-electron chi connectivity index (χ3n) is 3.29. The van der Waals surface area contributed by atoms with Gasteiger partial charge in [0.1, 0.15) is 5.60 Å². The van der Waals surface area contributed by atoms with Crippen molar-refractivity contribution in [3.63, 3.8) is 0 Å². The van der Waals surface area contributed by atoms with Crippen LogP contribution in [0.2, 0.25) is 0 Å². The number of aromatic nitrogens is 1. The summed E-state index contributed by atoms with van der Waals surface area (Å²) in [5.41, 5.74) is 0.496. The highest BCUT2D eigenvalue weighted by atomic mass is 16.6. The van der Waals surface area contributed by atoms with Gasteiger partial charge in [-0.3, -0.25) is 4.98 Å². The molecule has 0 bridgehead atoms. The highest BCUT2D eigenvalue weighted by molar-refractivity contribution is 5.68. The minimum atomic E-state index is -0.441. The first-order valence-corrected chi connectivity index (χ1v) is 7.43. The van der Waals surface area contributed by atoms with Crippen LogP contribution < -0.4 is 0 Å². The number of hydrogen-bond donors (Lipinski definition) is 0. The first-order valence-electron chi connectivity index (χ1n) is 7.43. The quantitative estimate of drug-likeness (QED) is 0.859. The molecule has 5 heteroatoms. The predicted molar refractivity (Wildman–Crippen MR) is 79.9 cm³/mol. The highest BCUT2D eigenvalue weighted by Crippen LogP contribution is 2.18. The number of piperidine rings is 1. The summed E-state index contributed by atoms with van der Waals surface area (Å²) >= 11 is 0. The summed E-state index contributed by atoms with van der Waals surface area (Å²) in [6, 6.07) is 5.80. The Balaban J connectivity index is 1.72. The first-order chi connectivity index (χ1) is 9.94. The second-order valence-corrected chi connectivity index (χ2v) is 6.30. The lowest BCUT2D eigenvalue weighted by Gasteiger charge is -2.33. The average molecular weight is 292 g/mol. The summed E-state index contributed by atoms with van der Waals surface area (Å²) in [5, 5.41) is 0. The molecule has 0 spiro atoms. The fourth-order valence-corrected chi connectivity index (χ4v) is 2.22. The van der Waals surface area contributed by atoms with Crippen molar-refractivity contribution in [1.82, 2.24) is 9.88 Å². The molecule has 0 atom stereocenters. The Bertz CT molecular complexity index is 448. The molecule has 1 saturated heterocycles. The van der Waals surface area contributed by atoms with Crippen molar-refractivity contribution >= 4 is 6.09 Å². The summed E-state index contributed by atoms with van der Waals surface area (Å²) in [6.45, 7) is 7.54. The zero-order valence-electron chi connectivity index (χ0n) is 13.0. The average Bonchev–Trinajstić information content (AvgIpc) is 2.45. The van der Waals surface area contributed by atoms with Gasteiger partial charge < -0.3 is 14.4 Å². The standard InChI is InChI=1S/C16H24N2O3/c1-16(2,3)21-15(19)18-10-7-14(8-11-18)20-12-13-6-4-5-9-17-13/h4-6,9,14H,7-8,10-12H2,1-3H3. The number of pyridine rings is 1. The second-order valence-electron chi connectivity index (χ2n) is 6.30. The van der Waals surface area contributed by atoms with E-state index < -0.39 is 5.60 Å². The fourth-order valence-electron chi connectivity index (χ4n) is 2.22. The van der Waals surface area contributed by atoms with Gasteiger partial charge >= 0.3 is 6.09 Å². The molecule has 1 aromatic heterocycles. The zero-order chi connectivity index (χ0) is 15.3. The number of nitrogens with zero attached hydrogens (tertiary/aromatic N) is 2. The molecule has 1 aliphatic heterocycles. The maximum absolute atomic E-state index is 12.0. The minimum Gasteiger partial charge on any atom is -0.444 e. The van der Waals surface area contributed by atoms with E-state index >= 15 is 0 Å². The van der Waals surface area contributed by atoms with Crippen LogP contribution in [0.1, 0.15) is 39.3 Å². The normalized spacial score (nSPS) is 16.8. The number of carbonyl (C=O) groups is 1. The molecule has 1 aromatic rings. The van der Waals surface area contributed by atoms with Crippen LogP contribution in [-0.2, 0) is 16.1 Å². The van der Waals surface area contributed by atoms with Gasteiger partial charge in [0, 0.05) is 19.3 Å². The third-order valence-corrected chi connectivity index (χ3v) is 3.29. The summed E-state index contributed by atoms with van der Waals surface area (Å²) in [4.78, 5) is 17.9.